The second-order valence-electron chi connectivity index (χ2n) is 6.96. The van der Waals surface area contributed by atoms with Crippen LogP contribution < -0.4 is 4.74 Å². The van der Waals surface area contributed by atoms with Crippen molar-refractivity contribution in [2.75, 3.05) is 13.1 Å². The minimum Gasteiger partial charge on any atom is -0.457 e. The first-order valence-corrected chi connectivity index (χ1v) is 9.36. The van der Waals surface area contributed by atoms with Gasteiger partial charge in [-0.3, -0.25) is 4.79 Å². The Morgan fingerprint density at radius 3 is 2.78 bits per heavy atom. The highest BCUT2D eigenvalue weighted by molar-refractivity contribution is 5.94. The molecule has 5 heteroatoms. The summed E-state index contributed by atoms with van der Waals surface area (Å²) in [5, 5.41) is 0. The van der Waals surface area contributed by atoms with Crippen LogP contribution in [0.2, 0.25) is 0 Å². The molecule has 1 amide bonds. The first-order chi connectivity index (χ1) is 13.3. The lowest BCUT2D eigenvalue weighted by molar-refractivity contribution is 0.0662. The lowest BCUT2D eigenvalue weighted by Gasteiger charge is -2.33. The van der Waals surface area contributed by atoms with Gasteiger partial charge in [0.05, 0.1) is 6.33 Å². The summed E-state index contributed by atoms with van der Waals surface area (Å²) in [5.41, 5.74) is 0.673. The Bertz CT molecular complexity index is 878. The van der Waals surface area contributed by atoms with Crippen LogP contribution in [0.15, 0.2) is 73.3 Å². The average molecular weight is 361 g/mol. The molecular formula is C22H23N3O2. The second-order valence-corrected chi connectivity index (χ2v) is 6.96. The van der Waals surface area contributed by atoms with Gasteiger partial charge in [-0.05, 0) is 49.1 Å². The Hall–Kier alpha value is -3.08. The zero-order chi connectivity index (χ0) is 18.5. The summed E-state index contributed by atoms with van der Waals surface area (Å²) in [4.78, 5) is 19.1. The quantitative estimate of drug-likeness (QED) is 0.683. The zero-order valence-electron chi connectivity index (χ0n) is 15.2. The van der Waals surface area contributed by atoms with E-state index in [-0.39, 0.29) is 5.91 Å². The summed E-state index contributed by atoms with van der Waals surface area (Å²) in [6.07, 6.45) is 7.78. The smallest absolute Gasteiger partial charge is 0.253 e. The predicted molar refractivity (Wildman–Crippen MR) is 104 cm³/mol. The molecule has 1 aromatic heterocycles. The summed E-state index contributed by atoms with van der Waals surface area (Å²) in [6.45, 7) is 2.49. The number of nitrogens with zero attached hydrogens (tertiary/aromatic N) is 3. The maximum Gasteiger partial charge on any atom is 0.253 e. The van der Waals surface area contributed by atoms with Crippen LogP contribution in [-0.4, -0.2) is 33.4 Å². The molecular weight excluding hydrogens is 338 g/mol. The number of carbonyl (C=O) groups excluding carboxylic acids is 1. The molecule has 0 N–H and O–H groups in total. The fourth-order valence-electron chi connectivity index (χ4n) is 3.59. The molecule has 0 unspecified atom stereocenters. The SMILES string of the molecule is O=C(c1cccc(Oc2ccccc2)c1)N1CCC[C@H](Cn2ccnc2)C1. The number of ether oxygens (including phenoxy) is 1. The number of likely N-dealkylation sites (tertiary alicyclic amines) is 1. The lowest BCUT2D eigenvalue weighted by Crippen LogP contribution is -2.41. The summed E-state index contributed by atoms with van der Waals surface area (Å²) in [6, 6.07) is 17.1. The molecule has 1 saturated heterocycles. The highest BCUT2D eigenvalue weighted by atomic mass is 16.5. The van der Waals surface area contributed by atoms with Gasteiger partial charge in [0, 0.05) is 37.6 Å². The van der Waals surface area contributed by atoms with Gasteiger partial charge in [0.25, 0.3) is 5.91 Å². The molecule has 0 bridgehead atoms. The van der Waals surface area contributed by atoms with Crippen LogP contribution >= 0.6 is 0 Å². The van der Waals surface area contributed by atoms with Gasteiger partial charge < -0.3 is 14.2 Å². The van der Waals surface area contributed by atoms with Crippen molar-refractivity contribution in [1.29, 1.82) is 0 Å². The van der Waals surface area contributed by atoms with E-state index in [1.807, 2.05) is 72.0 Å². The number of benzene rings is 2. The number of hydrogen-bond donors (Lipinski definition) is 0. The minimum atomic E-state index is 0.0730. The number of amides is 1. The molecule has 0 saturated carbocycles. The van der Waals surface area contributed by atoms with Crippen LogP contribution in [0.25, 0.3) is 0 Å². The van der Waals surface area contributed by atoms with Gasteiger partial charge in [-0.2, -0.15) is 0 Å². The Labute approximate surface area is 159 Å². The summed E-state index contributed by atoms with van der Waals surface area (Å²) in [7, 11) is 0. The first kappa shape index (κ1) is 17.3. The third-order valence-electron chi connectivity index (χ3n) is 4.89. The van der Waals surface area contributed by atoms with Crippen molar-refractivity contribution in [3.8, 4) is 11.5 Å². The van der Waals surface area contributed by atoms with Crippen molar-refractivity contribution in [3.63, 3.8) is 0 Å². The summed E-state index contributed by atoms with van der Waals surface area (Å²) in [5.74, 6) is 1.98. The van der Waals surface area contributed by atoms with E-state index in [1.165, 1.54) is 0 Å². The highest BCUT2D eigenvalue weighted by Gasteiger charge is 2.25. The molecule has 0 aliphatic carbocycles. The van der Waals surface area contributed by atoms with E-state index in [0.717, 1.165) is 38.2 Å². The molecule has 3 aromatic rings. The monoisotopic (exact) mass is 361 g/mol. The lowest BCUT2D eigenvalue weighted by atomic mass is 9.97. The van der Waals surface area contributed by atoms with Crippen LogP contribution in [0.1, 0.15) is 23.2 Å². The summed E-state index contributed by atoms with van der Waals surface area (Å²) < 4.78 is 7.96. The summed E-state index contributed by atoms with van der Waals surface area (Å²) >= 11 is 0. The average Bonchev–Trinajstić information content (AvgIpc) is 3.22. The number of imidazole rings is 1. The third-order valence-corrected chi connectivity index (χ3v) is 4.89. The van der Waals surface area contributed by atoms with Gasteiger partial charge in [0.1, 0.15) is 11.5 Å². The fourth-order valence-corrected chi connectivity index (χ4v) is 3.59. The third kappa shape index (κ3) is 4.37. The molecule has 2 aromatic carbocycles. The van der Waals surface area contributed by atoms with Crippen LogP contribution in [-0.2, 0) is 6.54 Å². The molecule has 4 rings (SSSR count). The molecule has 0 spiro atoms. The first-order valence-electron chi connectivity index (χ1n) is 9.36. The Kier molecular flexibility index (Phi) is 5.19. The Balaban J connectivity index is 1.43. The van der Waals surface area contributed by atoms with Crippen LogP contribution in [0.5, 0.6) is 11.5 Å². The van der Waals surface area contributed by atoms with Crippen LogP contribution in [0.3, 0.4) is 0 Å². The van der Waals surface area contributed by atoms with Crippen molar-refractivity contribution in [3.05, 3.63) is 78.9 Å². The number of rotatable bonds is 5. The van der Waals surface area contributed by atoms with E-state index in [4.69, 9.17) is 4.74 Å². The molecule has 138 valence electrons. The Morgan fingerprint density at radius 1 is 1.11 bits per heavy atom. The van der Waals surface area contributed by atoms with E-state index < -0.39 is 0 Å². The Morgan fingerprint density at radius 2 is 1.96 bits per heavy atom. The second kappa shape index (κ2) is 8.08. The normalized spacial score (nSPS) is 16.9. The van der Waals surface area contributed by atoms with E-state index >= 15 is 0 Å². The minimum absolute atomic E-state index is 0.0730. The molecule has 5 nitrogen and oxygen atoms in total. The van der Waals surface area contributed by atoms with Gasteiger partial charge >= 0.3 is 0 Å². The number of para-hydroxylation sites is 1. The van der Waals surface area contributed by atoms with E-state index in [2.05, 4.69) is 9.55 Å². The number of piperidine rings is 1. The van der Waals surface area contributed by atoms with Crippen molar-refractivity contribution < 1.29 is 9.53 Å². The molecule has 0 radical (unpaired) electrons. The number of carbonyl (C=O) groups is 1. The van der Waals surface area contributed by atoms with Crippen LogP contribution in [0.4, 0.5) is 0 Å². The largest absolute Gasteiger partial charge is 0.457 e. The topological polar surface area (TPSA) is 47.4 Å². The highest BCUT2D eigenvalue weighted by Crippen LogP contribution is 2.24. The molecule has 2 heterocycles. The van der Waals surface area contributed by atoms with Crippen LogP contribution in [0, 0.1) is 5.92 Å². The van der Waals surface area contributed by atoms with Gasteiger partial charge in [0.15, 0.2) is 0 Å². The molecule has 1 fully saturated rings. The van der Waals surface area contributed by atoms with Crippen molar-refractivity contribution in [1.82, 2.24) is 14.5 Å². The van der Waals surface area contributed by atoms with Crippen molar-refractivity contribution in [2.24, 2.45) is 5.92 Å². The van der Waals surface area contributed by atoms with Gasteiger partial charge in [-0.25, -0.2) is 4.98 Å². The van der Waals surface area contributed by atoms with E-state index in [9.17, 15) is 4.79 Å². The van der Waals surface area contributed by atoms with Crippen molar-refractivity contribution in [2.45, 2.75) is 19.4 Å². The standard InChI is InChI=1S/C22H23N3O2/c26-22(25-12-5-6-18(16-25)15-24-13-11-23-17-24)19-7-4-10-21(14-19)27-20-8-2-1-3-9-20/h1-4,7-11,13-14,17-18H,5-6,12,15-16H2/t18-/m1/s1. The van der Waals surface area contributed by atoms with Crippen molar-refractivity contribution >= 4 is 5.91 Å². The number of aromatic nitrogens is 2. The predicted octanol–water partition coefficient (Wildman–Crippen LogP) is 4.23. The van der Waals surface area contributed by atoms with E-state index in [0.29, 0.717) is 17.2 Å². The van der Waals surface area contributed by atoms with Gasteiger partial charge in [-0.15, -0.1) is 0 Å². The molecule has 1 aliphatic rings. The number of hydrogen-bond acceptors (Lipinski definition) is 3. The van der Waals surface area contributed by atoms with Gasteiger partial charge in [0.2, 0.25) is 0 Å². The fraction of sp³-hybridized carbons (Fsp3) is 0.273. The van der Waals surface area contributed by atoms with Gasteiger partial charge in [-0.1, -0.05) is 24.3 Å². The molecule has 1 atom stereocenters. The van der Waals surface area contributed by atoms with E-state index in [1.54, 1.807) is 6.20 Å². The zero-order valence-corrected chi connectivity index (χ0v) is 15.2. The molecule has 1 aliphatic heterocycles. The maximum atomic E-state index is 13.0. The molecule has 27 heavy (non-hydrogen) atoms. The maximum absolute atomic E-state index is 13.0.